The van der Waals surface area contributed by atoms with Crippen LogP contribution in [0.5, 0.6) is 11.5 Å². The maximum atomic E-state index is 12.8. The lowest BCUT2D eigenvalue weighted by Gasteiger charge is -2.63. The lowest BCUT2D eigenvalue weighted by Crippen LogP contribution is -2.74. The first-order valence-corrected chi connectivity index (χ1v) is 12.7. The van der Waals surface area contributed by atoms with Gasteiger partial charge in [-0.3, -0.25) is 15.0 Å². The van der Waals surface area contributed by atoms with E-state index in [1.807, 2.05) is 6.07 Å². The number of nitrogens with two attached hydrogens (primary N) is 1. The Morgan fingerprint density at radius 1 is 1.28 bits per heavy atom. The molecule has 2 aliphatic heterocycles. The lowest BCUT2D eigenvalue weighted by atomic mass is 9.48. The summed E-state index contributed by atoms with van der Waals surface area (Å²) >= 11 is 0. The van der Waals surface area contributed by atoms with Crippen molar-refractivity contribution in [3.63, 3.8) is 0 Å². The molecule has 2 aromatic carbocycles. The Bertz CT molecular complexity index is 1520. The molecule has 1 saturated heterocycles. The van der Waals surface area contributed by atoms with Crippen molar-refractivity contribution in [3.8, 4) is 11.5 Å². The first kappa shape index (κ1) is 20.7. The number of likely N-dealkylation sites (tertiary alicyclic amines) is 1. The van der Waals surface area contributed by atoms with Crippen molar-refractivity contribution in [2.75, 3.05) is 18.8 Å². The number of aliphatic hydroxyl groups is 1. The van der Waals surface area contributed by atoms with Crippen LogP contribution in [-0.4, -0.2) is 49.8 Å². The Hall–Kier alpha value is -3.43. The van der Waals surface area contributed by atoms with Gasteiger partial charge in [-0.2, -0.15) is 0 Å². The molecule has 184 valence electrons. The number of aromatic nitrogens is 1. The predicted molar refractivity (Wildman–Crippen MR) is 131 cm³/mol. The summed E-state index contributed by atoms with van der Waals surface area (Å²) in [6.45, 7) is 1.82. The number of phenolic OH excluding ortho intramolecular Hbond substituents is 1. The van der Waals surface area contributed by atoms with E-state index in [9.17, 15) is 20.3 Å². The highest BCUT2D eigenvalue weighted by Gasteiger charge is 2.73. The summed E-state index contributed by atoms with van der Waals surface area (Å²) in [5.74, 6) is 1.20. The highest BCUT2D eigenvalue weighted by atomic mass is 16.6. The number of aromatic hydroxyl groups is 1. The molecule has 4 N–H and O–H groups in total. The average Bonchev–Trinajstić information content (AvgIpc) is 3.59. The Morgan fingerprint density at radius 3 is 2.89 bits per heavy atom. The number of non-ortho nitro benzene ring substituents is 1. The summed E-state index contributed by atoms with van der Waals surface area (Å²) < 4.78 is 6.54. The van der Waals surface area contributed by atoms with Gasteiger partial charge in [0.15, 0.2) is 17.6 Å². The fourth-order valence-corrected chi connectivity index (χ4v) is 7.77. The molecular weight excluding hydrogens is 460 g/mol. The first-order valence-electron chi connectivity index (χ1n) is 12.7. The number of phenols is 1. The molecule has 2 unspecified atom stereocenters. The van der Waals surface area contributed by atoms with Gasteiger partial charge < -0.3 is 20.7 Å². The second kappa shape index (κ2) is 6.46. The van der Waals surface area contributed by atoms with Gasteiger partial charge in [-0.05, 0) is 55.8 Å². The quantitative estimate of drug-likeness (QED) is 0.380. The second-order valence-electron chi connectivity index (χ2n) is 11.3. The van der Waals surface area contributed by atoms with E-state index < -0.39 is 22.0 Å². The molecule has 2 fully saturated rings. The highest BCUT2D eigenvalue weighted by molar-refractivity contribution is 5.94. The number of nitrogen functional groups attached to an aromatic ring is 1. The van der Waals surface area contributed by atoms with Crippen LogP contribution < -0.4 is 10.5 Å². The van der Waals surface area contributed by atoms with E-state index in [0.717, 1.165) is 24.2 Å². The molecular formula is C27H26N4O5. The van der Waals surface area contributed by atoms with Gasteiger partial charge in [-0.25, -0.2) is 4.98 Å². The molecule has 5 aliphatic rings. The van der Waals surface area contributed by atoms with Crippen molar-refractivity contribution in [1.82, 2.24) is 9.88 Å². The predicted octanol–water partition coefficient (Wildman–Crippen LogP) is 3.13. The van der Waals surface area contributed by atoms with Gasteiger partial charge in [0, 0.05) is 53.3 Å². The van der Waals surface area contributed by atoms with Crippen LogP contribution in [0.3, 0.4) is 0 Å². The van der Waals surface area contributed by atoms with E-state index in [-0.39, 0.29) is 17.5 Å². The Kier molecular flexibility index (Phi) is 3.72. The van der Waals surface area contributed by atoms with E-state index in [0.29, 0.717) is 58.8 Å². The van der Waals surface area contributed by atoms with Crippen LogP contribution in [0.2, 0.25) is 0 Å². The lowest BCUT2D eigenvalue weighted by molar-refractivity contribution is -0.384. The van der Waals surface area contributed by atoms with Crippen LogP contribution in [0.25, 0.3) is 10.9 Å². The number of hydrogen-bond donors (Lipinski definition) is 3. The number of ether oxygens (including phenoxy) is 1. The van der Waals surface area contributed by atoms with Crippen molar-refractivity contribution in [2.24, 2.45) is 5.92 Å². The van der Waals surface area contributed by atoms with Gasteiger partial charge in [0.2, 0.25) is 0 Å². The van der Waals surface area contributed by atoms with Crippen molar-refractivity contribution in [3.05, 3.63) is 62.8 Å². The van der Waals surface area contributed by atoms with E-state index in [1.165, 1.54) is 25.0 Å². The molecule has 2 bridgehead atoms. The van der Waals surface area contributed by atoms with Crippen LogP contribution in [0.15, 0.2) is 30.3 Å². The Labute approximate surface area is 206 Å². The topological polar surface area (TPSA) is 135 Å². The SMILES string of the molecule is Nc1c2c(nc3ccc([N+](=O)[O-])cc13)C1Oc3c(O)ccc4c3[C@@]13CCN(CC1CC1)[C@H](C4)C3(O)C2. The minimum absolute atomic E-state index is 0.0498. The molecule has 36 heavy (non-hydrogen) atoms. The zero-order valence-electron chi connectivity index (χ0n) is 19.6. The number of anilines is 1. The molecule has 9 nitrogen and oxygen atoms in total. The van der Waals surface area contributed by atoms with Crippen molar-refractivity contribution in [2.45, 2.75) is 55.3 Å². The van der Waals surface area contributed by atoms with Gasteiger partial charge >= 0.3 is 0 Å². The maximum Gasteiger partial charge on any atom is 0.270 e. The summed E-state index contributed by atoms with van der Waals surface area (Å²) in [6.07, 6.45) is 3.53. The molecule has 1 aromatic heterocycles. The summed E-state index contributed by atoms with van der Waals surface area (Å²) in [6, 6.07) is 8.06. The number of nitrogens with zero attached hydrogens (tertiary/aromatic N) is 3. The molecule has 4 atom stereocenters. The highest BCUT2D eigenvalue weighted by Crippen LogP contribution is 2.69. The Morgan fingerprint density at radius 2 is 2.11 bits per heavy atom. The summed E-state index contributed by atoms with van der Waals surface area (Å²) in [7, 11) is 0. The molecule has 0 amide bonds. The van der Waals surface area contributed by atoms with Crippen LogP contribution in [0.4, 0.5) is 11.4 Å². The van der Waals surface area contributed by atoms with Gasteiger partial charge in [-0.1, -0.05) is 6.07 Å². The third-order valence-electron chi connectivity index (χ3n) is 9.56. The Balaban J connectivity index is 1.40. The van der Waals surface area contributed by atoms with E-state index in [2.05, 4.69) is 4.90 Å². The van der Waals surface area contributed by atoms with E-state index in [4.69, 9.17) is 15.5 Å². The number of rotatable bonds is 3. The smallest absolute Gasteiger partial charge is 0.270 e. The number of pyridine rings is 1. The maximum absolute atomic E-state index is 12.8. The van der Waals surface area contributed by atoms with Crippen LogP contribution >= 0.6 is 0 Å². The van der Waals surface area contributed by atoms with Crippen LogP contribution in [0, 0.1) is 16.0 Å². The van der Waals surface area contributed by atoms with Crippen LogP contribution in [0.1, 0.15) is 47.8 Å². The fraction of sp³-hybridized carbons (Fsp3) is 0.444. The van der Waals surface area contributed by atoms with Crippen molar-refractivity contribution >= 4 is 22.3 Å². The van der Waals surface area contributed by atoms with Gasteiger partial charge in [0.05, 0.1) is 27.1 Å². The minimum Gasteiger partial charge on any atom is -0.504 e. The number of fused-ring (bicyclic) bond motifs is 3. The van der Waals surface area contributed by atoms with Crippen molar-refractivity contribution in [1.29, 1.82) is 0 Å². The fourth-order valence-electron chi connectivity index (χ4n) is 7.77. The molecule has 1 saturated carbocycles. The first-order chi connectivity index (χ1) is 17.3. The normalized spacial score (nSPS) is 31.6. The molecule has 0 radical (unpaired) electrons. The third-order valence-corrected chi connectivity index (χ3v) is 9.56. The van der Waals surface area contributed by atoms with Crippen molar-refractivity contribution < 1.29 is 19.9 Å². The van der Waals surface area contributed by atoms with E-state index in [1.54, 1.807) is 12.1 Å². The largest absolute Gasteiger partial charge is 0.504 e. The van der Waals surface area contributed by atoms with Gasteiger partial charge in [-0.15, -0.1) is 0 Å². The second-order valence-corrected chi connectivity index (χ2v) is 11.3. The number of piperidine rings is 1. The van der Waals surface area contributed by atoms with Gasteiger partial charge in [0.1, 0.15) is 0 Å². The molecule has 8 rings (SSSR count). The van der Waals surface area contributed by atoms with Crippen LogP contribution in [-0.2, 0) is 18.3 Å². The number of benzene rings is 2. The zero-order valence-corrected chi connectivity index (χ0v) is 19.6. The molecule has 9 heteroatoms. The summed E-state index contributed by atoms with van der Waals surface area (Å²) in [5.41, 5.74) is 9.10. The third kappa shape index (κ3) is 2.31. The molecule has 3 heterocycles. The number of nitro groups is 1. The molecule has 3 aromatic rings. The average molecular weight is 487 g/mol. The molecule has 3 aliphatic carbocycles. The van der Waals surface area contributed by atoms with E-state index >= 15 is 0 Å². The monoisotopic (exact) mass is 486 g/mol. The summed E-state index contributed by atoms with van der Waals surface area (Å²) in [5, 5.41) is 35.5. The van der Waals surface area contributed by atoms with Gasteiger partial charge in [0.25, 0.3) is 5.69 Å². The zero-order chi connectivity index (χ0) is 24.6. The summed E-state index contributed by atoms with van der Waals surface area (Å²) in [4.78, 5) is 18.4. The number of hydrogen-bond acceptors (Lipinski definition) is 8. The number of nitro benzene ring substituents is 1. The molecule has 1 spiro atoms. The minimum atomic E-state index is -1.17. The standard InChI is InChI=1S/C27H26N4O5/c28-22-16-10-15(31(34)35)4-5-18(16)29-23-17(22)11-27(33)20-9-14-3-6-19(32)24-21(14)26(27,25(23)36-24)7-8-30(20)12-13-1-2-13/h3-6,10,13,20,25,32-33H,1-2,7-9,11-12H2,(H2,28,29)/t20-,25?,26+,27?/m1/s1.